The summed E-state index contributed by atoms with van der Waals surface area (Å²) in [7, 11) is 0. The van der Waals surface area contributed by atoms with Crippen molar-refractivity contribution < 1.29 is 9.84 Å². The van der Waals surface area contributed by atoms with Gasteiger partial charge in [-0.3, -0.25) is 0 Å². The SMILES string of the molecule is CC(C)CC(O)CCC1CCC2(CCCCC2)O1. The van der Waals surface area contributed by atoms with Crippen LogP contribution in [0, 0.1) is 5.92 Å². The van der Waals surface area contributed by atoms with E-state index in [9.17, 15) is 5.11 Å². The molecule has 2 heteroatoms. The second-order valence-corrected chi connectivity index (χ2v) is 6.88. The van der Waals surface area contributed by atoms with Crippen molar-refractivity contribution in [1.29, 1.82) is 0 Å². The highest BCUT2D eigenvalue weighted by atomic mass is 16.5. The molecule has 1 heterocycles. The first kappa shape index (κ1) is 14.3. The van der Waals surface area contributed by atoms with E-state index in [1.807, 2.05) is 0 Å². The van der Waals surface area contributed by atoms with Crippen LogP contribution in [0.15, 0.2) is 0 Å². The number of ether oxygens (including phenoxy) is 1. The van der Waals surface area contributed by atoms with E-state index in [0.29, 0.717) is 12.0 Å². The van der Waals surface area contributed by atoms with E-state index in [0.717, 1.165) is 19.3 Å². The Labute approximate surface area is 112 Å². The summed E-state index contributed by atoms with van der Waals surface area (Å²) in [6.07, 6.45) is 12.3. The van der Waals surface area contributed by atoms with Gasteiger partial charge in [-0.2, -0.15) is 0 Å². The third-order valence-electron chi connectivity index (χ3n) is 4.67. The second kappa shape index (κ2) is 6.38. The number of aliphatic hydroxyl groups is 1. The highest BCUT2D eigenvalue weighted by Gasteiger charge is 2.40. The van der Waals surface area contributed by atoms with Crippen LogP contribution in [0.3, 0.4) is 0 Å². The number of aliphatic hydroxyl groups excluding tert-OH is 1. The predicted octanol–water partition coefficient (Wildman–Crippen LogP) is 4.06. The Morgan fingerprint density at radius 1 is 1.17 bits per heavy atom. The molecule has 2 nitrogen and oxygen atoms in total. The van der Waals surface area contributed by atoms with Crippen LogP contribution in [0.25, 0.3) is 0 Å². The van der Waals surface area contributed by atoms with Gasteiger partial charge in [0.15, 0.2) is 0 Å². The lowest BCUT2D eigenvalue weighted by molar-refractivity contribution is -0.0687. The van der Waals surface area contributed by atoms with E-state index in [-0.39, 0.29) is 11.7 Å². The van der Waals surface area contributed by atoms with Gasteiger partial charge in [-0.25, -0.2) is 0 Å². The summed E-state index contributed by atoms with van der Waals surface area (Å²) >= 11 is 0. The molecular weight excluding hydrogens is 224 g/mol. The van der Waals surface area contributed by atoms with Crippen LogP contribution in [0.4, 0.5) is 0 Å². The molecule has 1 aliphatic carbocycles. The number of hydrogen-bond donors (Lipinski definition) is 1. The van der Waals surface area contributed by atoms with Crippen molar-refractivity contribution in [3.05, 3.63) is 0 Å². The van der Waals surface area contributed by atoms with E-state index in [1.54, 1.807) is 0 Å². The maximum Gasteiger partial charge on any atom is 0.0687 e. The fraction of sp³-hybridized carbons (Fsp3) is 1.00. The minimum Gasteiger partial charge on any atom is -0.393 e. The smallest absolute Gasteiger partial charge is 0.0687 e. The molecule has 0 aromatic heterocycles. The van der Waals surface area contributed by atoms with Crippen molar-refractivity contribution in [3.8, 4) is 0 Å². The molecule has 1 saturated carbocycles. The molecule has 1 spiro atoms. The minimum atomic E-state index is -0.128. The zero-order valence-electron chi connectivity index (χ0n) is 12.2. The van der Waals surface area contributed by atoms with Gasteiger partial charge in [0, 0.05) is 0 Å². The van der Waals surface area contributed by atoms with Crippen LogP contribution in [0.1, 0.15) is 78.1 Å². The first-order chi connectivity index (χ1) is 8.60. The Kier molecular flexibility index (Phi) is 5.08. The molecule has 0 aromatic rings. The fourth-order valence-corrected chi connectivity index (χ4v) is 3.70. The van der Waals surface area contributed by atoms with Crippen LogP contribution in [0.2, 0.25) is 0 Å². The lowest BCUT2D eigenvalue weighted by atomic mass is 9.83. The predicted molar refractivity (Wildman–Crippen MR) is 74.6 cm³/mol. The van der Waals surface area contributed by atoms with E-state index in [1.165, 1.54) is 44.9 Å². The zero-order chi connectivity index (χ0) is 13.0. The third kappa shape index (κ3) is 3.96. The van der Waals surface area contributed by atoms with Crippen LogP contribution in [-0.2, 0) is 4.74 Å². The molecule has 1 saturated heterocycles. The summed E-state index contributed by atoms with van der Waals surface area (Å²) in [5.41, 5.74) is 0.242. The molecule has 0 amide bonds. The van der Waals surface area contributed by atoms with Gasteiger partial charge in [0.2, 0.25) is 0 Å². The van der Waals surface area contributed by atoms with Crippen molar-refractivity contribution in [2.45, 2.75) is 95.9 Å². The molecule has 2 fully saturated rings. The van der Waals surface area contributed by atoms with Gasteiger partial charge in [-0.15, -0.1) is 0 Å². The number of hydrogen-bond acceptors (Lipinski definition) is 2. The second-order valence-electron chi connectivity index (χ2n) is 6.88. The summed E-state index contributed by atoms with van der Waals surface area (Å²) < 4.78 is 6.33. The molecule has 2 atom stereocenters. The van der Waals surface area contributed by atoms with Gasteiger partial charge in [0.1, 0.15) is 0 Å². The minimum absolute atomic E-state index is 0.128. The highest BCUT2D eigenvalue weighted by Crippen LogP contribution is 2.42. The standard InChI is InChI=1S/C16H30O2/c1-13(2)12-14(17)6-7-15-8-11-16(18-15)9-4-3-5-10-16/h13-15,17H,3-12H2,1-2H3. The molecule has 2 unspecified atom stereocenters. The average molecular weight is 254 g/mol. The molecule has 1 aliphatic heterocycles. The highest BCUT2D eigenvalue weighted by molar-refractivity contribution is 4.91. The van der Waals surface area contributed by atoms with Gasteiger partial charge >= 0.3 is 0 Å². The Morgan fingerprint density at radius 2 is 1.89 bits per heavy atom. The first-order valence-electron chi connectivity index (χ1n) is 7.95. The van der Waals surface area contributed by atoms with Crippen molar-refractivity contribution in [3.63, 3.8) is 0 Å². The summed E-state index contributed by atoms with van der Waals surface area (Å²) in [6.45, 7) is 4.35. The van der Waals surface area contributed by atoms with Crippen molar-refractivity contribution in [2.75, 3.05) is 0 Å². The molecule has 2 rings (SSSR count). The number of rotatable bonds is 5. The topological polar surface area (TPSA) is 29.5 Å². The zero-order valence-corrected chi connectivity index (χ0v) is 12.2. The maximum absolute atomic E-state index is 9.93. The lowest BCUT2D eigenvalue weighted by Crippen LogP contribution is -2.31. The summed E-state index contributed by atoms with van der Waals surface area (Å²) in [4.78, 5) is 0. The van der Waals surface area contributed by atoms with E-state index >= 15 is 0 Å². The summed E-state index contributed by atoms with van der Waals surface area (Å²) in [5.74, 6) is 0.592. The average Bonchev–Trinajstić information content (AvgIpc) is 2.70. The third-order valence-corrected chi connectivity index (χ3v) is 4.67. The summed E-state index contributed by atoms with van der Waals surface area (Å²) in [5, 5.41) is 9.93. The molecule has 18 heavy (non-hydrogen) atoms. The Balaban J connectivity index is 1.69. The molecule has 0 radical (unpaired) electrons. The molecule has 0 aromatic carbocycles. The molecule has 106 valence electrons. The van der Waals surface area contributed by atoms with Crippen molar-refractivity contribution in [1.82, 2.24) is 0 Å². The van der Waals surface area contributed by atoms with Crippen molar-refractivity contribution >= 4 is 0 Å². The molecular formula is C16H30O2. The quantitative estimate of drug-likeness (QED) is 0.802. The molecule has 1 N–H and O–H groups in total. The normalized spacial score (nSPS) is 29.0. The lowest BCUT2D eigenvalue weighted by Gasteiger charge is -2.33. The molecule has 0 bridgehead atoms. The van der Waals surface area contributed by atoms with Crippen LogP contribution in [-0.4, -0.2) is 22.9 Å². The fourth-order valence-electron chi connectivity index (χ4n) is 3.70. The Bertz CT molecular complexity index is 243. The maximum atomic E-state index is 9.93. The van der Waals surface area contributed by atoms with Gasteiger partial charge in [0.05, 0.1) is 17.8 Å². The van der Waals surface area contributed by atoms with Crippen molar-refractivity contribution in [2.24, 2.45) is 5.92 Å². The summed E-state index contributed by atoms with van der Waals surface area (Å²) in [6, 6.07) is 0. The van der Waals surface area contributed by atoms with Gasteiger partial charge < -0.3 is 9.84 Å². The Morgan fingerprint density at radius 3 is 2.56 bits per heavy atom. The van der Waals surface area contributed by atoms with Crippen LogP contribution < -0.4 is 0 Å². The van der Waals surface area contributed by atoms with Gasteiger partial charge in [-0.1, -0.05) is 33.1 Å². The van der Waals surface area contributed by atoms with E-state index in [2.05, 4.69) is 13.8 Å². The van der Waals surface area contributed by atoms with Crippen LogP contribution in [0.5, 0.6) is 0 Å². The molecule has 2 aliphatic rings. The van der Waals surface area contributed by atoms with Gasteiger partial charge in [0.25, 0.3) is 0 Å². The van der Waals surface area contributed by atoms with Crippen LogP contribution >= 0.6 is 0 Å². The van der Waals surface area contributed by atoms with E-state index < -0.39 is 0 Å². The largest absolute Gasteiger partial charge is 0.393 e. The first-order valence-corrected chi connectivity index (χ1v) is 7.95. The van der Waals surface area contributed by atoms with Gasteiger partial charge in [-0.05, 0) is 50.9 Å². The van der Waals surface area contributed by atoms with E-state index in [4.69, 9.17) is 4.74 Å². The Hall–Kier alpha value is -0.0800. The monoisotopic (exact) mass is 254 g/mol.